The summed E-state index contributed by atoms with van der Waals surface area (Å²) in [5, 5.41) is 9.60. The Morgan fingerprint density at radius 1 is 1.04 bits per heavy atom. The predicted molar refractivity (Wildman–Crippen MR) is 110 cm³/mol. The minimum absolute atomic E-state index is 0.419. The van der Waals surface area contributed by atoms with Crippen LogP contribution in [0.1, 0.15) is 29.4 Å². The van der Waals surface area contributed by atoms with Gasteiger partial charge in [0.15, 0.2) is 11.0 Å². The third kappa shape index (κ3) is 4.68. The molecule has 1 aromatic heterocycles. The van der Waals surface area contributed by atoms with E-state index < -0.39 is 0 Å². The molecule has 0 amide bonds. The van der Waals surface area contributed by atoms with Crippen molar-refractivity contribution < 1.29 is 4.74 Å². The molecule has 6 heteroatoms. The molecule has 0 spiro atoms. The first-order valence-corrected chi connectivity index (χ1v) is 10.3. The second-order valence-corrected chi connectivity index (χ2v) is 7.95. The Labute approximate surface area is 167 Å². The van der Waals surface area contributed by atoms with Gasteiger partial charge in [-0.3, -0.25) is 0 Å². The van der Waals surface area contributed by atoms with Gasteiger partial charge in [0.2, 0.25) is 0 Å². The van der Waals surface area contributed by atoms with Crippen LogP contribution < -0.4 is 4.74 Å². The number of halogens is 1. The third-order valence-corrected chi connectivity index (χ3v) is 5.80. The van der Waals surface area contributed by atoms with Gasteiger partial charge in [-0.25, -0.2) is 0 Å². The summed E-state index contributed by atoms with van der Waals surface area (Å²) in [6.07, 6.45) is 0. The molecule has 0 radical (unpaired) electrons. The fourth-order valence-electron chi connectivity index (χ4n) is 2.53. The lowest BCUT2D eigenvalue weighted by atomic mass is 10.1. The van der Waals surface area contributed by atoms with Crippen molar-refractivity contribution in [3.63, 3.8) is 0 Å². The Morgan fingerprint density at radius 3 is 2.50 bits per heavy atom. The lowest BCUT2D eigenvalue weighted by molar-refractivity contribution is 0.288. The summed E-state index contributed by atoms with van der Waals surface area (Å²) in [7, 11) is 0. The number of hydrogen-bond donors (Lipinski definition) is 0. The summed E-state index contributed by atoms with van der Waals surface area (Å²) in [6.45, 7) is 7.53. The van der Waals surface area contributed by atoms with Crippen molar-refractivity contribution in [2.24, 2.45) is 0 Å². The minimum atomic E-state index is 0.419. The van der Waals surface area contributed by atoms with Gasteiger partial charge in [-0.2, -0.15) is 0 Å². The molecule has 0 aliphatic heterocycles. The molecule has 0 fully saturated rings. The first-order chi connectivity index (χ1) is 12.6. The molecule has 0 saturated carbocycles. The van der Waals surface area contributed by atoms with Crippen molar-refractivity contribution in [3.8, 4) is 5.75 Å². The highest BCUT2D eigenvalue weighted by Gasteiger charge is 2.12. The van der Waals surface area contributed by atoms with Gasteiger partial charge >= 0.3 is 0 Å². The van der Waals surface area contributed by atoms with E-state index in [1.54, 1.807) is 11.8 Å². The molecule has 0 aliphatic rings. The van der Waals surface area contributed by atoms with Gasteiger partial charge in [0, 0.05) is 16.8 Å². The molecule has 26 heavy (non-hydrogen) atoms. The number of thioether (sulfide) groups is 1. The van der Waals surface area contributed by atoms with Crippen molar-refractivity contribution >= 4 is 27.7 Å². The maximum Gasteiger partial charge on any atom is 0.191 e. The van der Waals surface area contributed by atoms with Crippen LogP contribution in [0.25, 0.3) is 0 Å². The molecular formula is C20H22BrN3OS. The van der Waals surface area contributed by atoms with Gasteiger partial charge in [-0.15, -0.1) is 10.2 Å². The van der Waals surface area contributed by atoms with Crippen LogP contribution in [0, 0.1) is 13.8 Å². The summed E-state index contributed by atoms with van der Waals surface area (Å²) >= 11 is 5.16. The average molecular weight is 432 g/mol. The molecule has 2 aromatic carbocycles. The SMILES string of the molecule is CCn1c(COc2ccc(C)c(C)c2)nnc1SCc1ccc(Br)cc1. The fourth-order valence-corrected chi connectivity index (χ4v) is 3.77. The molecule has 4 nitrogen and oxygen atoms in total. The van der Waals surface area contributed by atoms with Gasteiger partial charge in [-0.05, 0) is 61.7 Å². The van der Waals surface area contributed by atoms with Crippen LogP contribution in [0.15, 0.2) is 52.1 Å². The van der Waals surface area contributed by atoms with Crippen LogP contribution in [-0.4, -0.2) is 14.8 Å². The summed E-state index contributed by atoms with van der Waals surface area (Å²) in [5.74, 6) is 2.58. The largest absolute Gasteiger partial charge is 0.486 e. The summed E-state index contributed by atoms with van der Waals surface area (Å²) in [5.41, 5.74) is 3.75. The molecule has 0 aliphatic carbocycles. The van der Waals surface area contributed by atoms with E-state index in [9.17, 15) is 0 Å². The zero-order valence-corrected chi connectivity index (χ0v) is 17.6. The number of hydrogen-bond acceptors (Lipinski definition) is 4. The first kappa shape index (κ1) is 19.0. The molecule has 0 unspecified atom stereocenters. The van der Waals surface area contributed by atoms with Gasteiger partial charge in [0.1, 0.15) is 12.4 Å². The monoisotopic (exact) mass is 431 g/mol. The van der Waals surface area contributed by atoms with Crippen LogP contribution in [0.3, 0.4) is 0 Å². The topological polar surface area (TPSA) is 39.9 Å². The highest BCUT2D eigenvalue weighted by Crippen LogP contribution is 2.24. The first-order valence-electron chi connectivity index (χ1n) is 8.56. The van der Waals surface area contributed by atoms with Gasteiger partial charge in [0.25, 0.3) is 0 Å². The minimum Gasteiger partial charge on any atom is -0.486 e. The van der Waals surface area contributed by atoms with Crippen molar-refractivity contribution in [2.45, 2.75) is 44.8 Å². The summed E-state index contributed by atoms with van der Waals surface area (Å²) < 4.78 is 9.13. The van der Waals surface area contributed by atoms with Crippen molar-refractivity contribution in [1.29, 1.82) is 0 Å². The molecule has 3 aromatic rings. The number of aromatic nitrogens is 3. The third-order valence-electron chi connectivity index (χ3n) is 4.24. The van der Waals surface area contributed by atoms with Crippen LogP contribution in [-0.2, 0) is 18.9 Å². The van der Waals surface area contributed by atoms with E-state index in [1.807, 2.05) is 6.07 Å². The van der Waals surface area contributed by atoms with Gasteiger partial charge in [0.05, 0.1) is 0 Å². The number of rotatable bonds is 7. The summed E-state index contributed by atoms with van der Waals surface area (Å²) in [6, 6.07) is 14.5. The van der Waals surface area contributed by atoms with E-state index in [0.717, 1.165) is 33.5 Å². The second-order valence-electron chi connectivity index (χ2n) is 6.09. The Kier molecular flexibility index (Phi) is 6.38. The number of nitrogens with zero attached hydrogens (tertiary/aromatic N) is 3. The van der Waals surface area contributed by atoms with E-state index in [2.05, 4.69) is 87.9 Å². The molecular weight excluding hydrogens is 410 g/mol. The number of benzene rings is 2. The lowest BCUT2D eigenvalue weighted by Gasteiger charge is -2.10. The normalized spacial score (nSPS) is 10.9. The smallest absolute Gasteiger partial charge is 0.191 e. The van der Waals surface area contributed by atoms with E-state index in [0.29, 0.717) is 6.61 Å². The summed E-state index contributed by atoms with van der Waals surface area (Å²) in [4.78, 5) is 0. The Balaban J connectivity index is 1.65. The Bertz CT molecular complexity index is 877. The average Bonchev–Trinajstić information content (AvgIpc) is 3.04. The lowest BCUT2D eigenvalue weighted by Crippen LogP contribution is -2.07. The van der Waals surface area contributed by atoms with Crippen LogP contribution in [0.5, 0.6) is 5.75 Å². The Hall–Kier alpha value is -1.79. The Morgan fingerprint density at radius 2 is 1.81 bits per heavy atom. The maximum absolute atomic E-state index is 5.92. The second kappa shape index (κ2) is 8.73. The van der Waals surface area contributed by atoms with E-state index >= 15 is 0 Å². The van der Waals surface area contributed by atoms with E-state index in [-0.39, 0.29) is 0 Å². The molecule has 0 bridgehead atoms. The van der Waals surface area contributed by atoms with E-state index in [4.69, 9.17) is 4.74 Å². The molecule has 1 heterocycles. The number of aryl methyl sites for hydroxylation is 2. The van der Waals surface area contributed by atoms with Crippen molar-refractivity contribution in [2.75, 3.05) is 0 Å². The molecule has 3 rings (SSSR count). The molecule has 0 saturated heterocycles. The molecule has 0 atom stereocenters. The quantitative estimate of drug-likeness (QED) is 0.459. The standard InChI is InChI=1S/C20H22BrN3OS/c1-4-24-19(12-25-18-10-5-14(2)15(3)11-18)22-23-20(24)26-13-16-6-8-17(21)9-7-16/h5-11H,4,12-13H2,1-3H3. The van der Waals surface area contributed by atoms with Crippen molar-refractivity contribution in [1.82, 2.24) is 14.8 Å². The maximum atomic E-state index is 5.92. The highest BCUT2D eigenvalue weighted by molar-refractivity contribution is 9.10. The zero-order chi connectivity index (χ0) is 18.5. The highest BCUT2D eigenvalue weighted by atomic mass is 79.9. The van der Waals surface area contributed by atoms with Gasteiger partial charge in [-0.1, -0.05) is 45.9 Å². The fraction of sp³-hybridized carbons (Fsp3) is 0.300. The van der Waals surface area contributed by atoms with Crippen molar-refractivity contribution in [3.05, 3.63) is 69.5 Å². The van der Waals surface area contributed by atoms with Crippen LogP contribution in [0.2, 0.25) is 0 Å². The van der Waals surface area contributed by atoms with Gasteiger partial charge < -0.3 is 9.30 Å². The van der Waals surface area contributed by atoms with Crippen LogP contribution >= 0.6 is 27.7 Å². The molecule has 0 N–H and O–H groups in total. The number of ether oxygens (including phenoxy) is 1. The van der Waals surface area contributed by atoms with E-state index in [1.165, 1.54) is 16.7 Å². The zero-order valence-electron chi connectivity index (χ0n) is 15.2. The predicted octanol–water partition coefficient (Wildman–Crippen LogP) is 5.55. The molecule has 136 valence electrons. The van der Waals surface area contributed by atoms with Crippen LogP contribution in [0.4, 0.5) is 0 Å².